The van der Waals surface area contributed by atoms with E-state index in [0.29, 0.717) is 18.5 Å². The Labute approximate surface area is 96.0 Å². The summed E-state index contributed by atoms with van der Waals surface area (Å²) in [6.07, 6.45) is 3.84. The van der Waals surface area contributed by atoms with Crippen molar-refractivity contribution in [2.24, 2.45) is 11.7 Å². The van der Waals surface area contributed by atoms with Crippen LogP contribution >= 0.6 is 0 Å². The Morgan fingerprint density at radius 2 is 2.00 bits per heavy atom. The van der Waals surface area contributed by atoms with Gasteiger partial charge in [-0.15, -0.1) is 0 Å². The molecule has 0 spiro atoms. The summed E-state index contributed by atoms with van der Waals surface area (Å²) in [5.74, 6) is 0.520. The zero-order valence-corrected chi connectivity index (χ0v) is 9.45. The lowest BCUT2D eigenvalue weighted by molar-refractivity contribution is 0.232. The van der Waals surface area contributed by atoms with Gasteiger partial charge in [-0.3, -0.25) is 0 Å². The zero-order valence-electron chi connectivity index (χ0n) is 9.45. The molecule has 0 radical (unpaired) electrons. The number of halogens is 1. The lowest BCUT2D eigenvalue weighted by atomic mass is 9.77. The van der Waals surface area contributed by atoms with Crippen LogP contribution in [-0.2, 0) is 0 Å². The average Bonchev–Trinajstić information content (AvgIpc) is 2.23. The van der Waals surface area contributed by atoms with Crippen molar-refractivity contribution in [3.05, 3.63) is 35.6 Å². The van der Waals surface area contributed by atoms with Crippen molar-refractivity contribution in [3.8, 4) is 0 Å². The van der Waals surface area contributed by atoms with Crippen molar-refractivity contribution in [2.75, 3.05) is 13.1 Å². The first-order chi connectivity index (χ1) is 7.81. The molecule has 3 N–H and O–H groups in total. The topological polar surface area (TPSA) is 38.0 Å². The van der Waals surface area contributed by atoms with Gasteiger partial charge in [0.2, 0.25) is 0 Å². The van der Waals surface area contributed by atoms with Crippen LogP contribution in [0.4, 0.5) is 4.39 Å². The van der Waals surface area contributed by atoms with Crippen LogP contribution in [0.25, 0.3) is 0 Å². The highest BCUT2D eigenvalue weighted by atomic mass is 19.1. The van der Waals surface area contributed by atoms with Crippen molar-refractivity contribution in [2.45, 2.75) is 25.3 Å². The highest BCUT2D eigenvalue weighted by Gasteiger charge is 2.27. The first-order valence-corrected chi connectivity index (χ1v) is 6.00. The molecule has 0 amide bonds. The lowest BCUT2D eigenvalue weighted by Crippen LogP contribution is -2.35. The smallest absolute Gasteiger partial charge is 0.123 e. The Balaban J connectivity index is 2.07. The zero-order chi connectivity index (χ0) is 11.4. The van der Waals surface area contributed by atoms with Gasteiger partial charge in [-0.25, -0.2) is 4.39 Å². The second-order valence-electron chi connectivity index (χ2n) is 4.46. The van der Waals surface area contributed by atoms with E-state index in [0.717, 1.165) is 6.54 Å². The Kier molecular flexibility index (Phi) is 3.91. The maximum absolute atomic E-state index is 12.9. The standard InChI is InChI=1S/C13H19FN2/c14-12-6-4-11(5-7-12)13(16-9-8-15)10-2-1-3-10/h4-7,10,13,16H,1-3,8-9,15H2. The van der Waals surface area contributed by atoms with Gasteiger partial charge < -0.3 is 11.1 Å². The molecule has 1 saturated carbocycles. The Hall–Kier alpha value is -0.930. The van der Waals surface area contributed by atoms with Crippen molar-refractivity contribution >= 4 is 0 Å². The summed E-state index contributed by atoms with van der Waals surface area (Å²) in [5.41, 5.74) is 6.70. The molecule has 0 aliphatic heterocycles. The van der Waals surface area contributed by atoms with Gasteiger partial charge in [0.15, 0.2) is 0 Å². The molecule has 3 heteroatoms. The Morgan fingerprint density at radius 1 is 1.31 bits per heavy atom. The van der Waals surface area contributed by atoms with Crippen LogP contribution in [0.3, 0.4) is 0 Å². The number of nitrogens with two attached hydrogens (primary N) is 1. The fourth-order valence-corrected chi connectivity index (χ4v) is 2.24. The molecule has 16 heavy (non-hydrogen) atoms. The summed E-state index contributed by atoms with van der Waals surface area (Å²) in [6.45, 7) is 1.46. The number of rotatable bonds is 5. The van der Waals surface area contributed by atoms with Crippen LogP contribution in [0.5, 0.6) is 0 Å². The third-order valence-electron chi connectivity index (χ3n) is 3.36. The molecule has 1 aliphatic carbocycles. The summed E-state index contributed by atoms with van der Waals surface area (Å²) in [6, 6.07) is 7.16. The molecule has 1 atom stereocenters. The minimum absolute atomic E-state index is 0.171. The van der Waals surface area contributed by atoms with Crippen LogP contribution in [0.2, 0.25) is 0 Å². The van der Waals surface area contributed by atoms with Gasteiger partial charge in [0, 0.05) is 19.1 Å². The third kappa shape index (κ3) is 2.60. The second kappa shape index (κ2) is 5.41. The molecule has 0 heterocycles. The average molecular weight is 222 g/mol. The molecular weight excluding hydrogens is 203 g/mol. The van der Waals surface area contributed by atoms with Crippen molar-refractivity contribution in [1.82, 2.24) is 5.32 Å². The van der Waals surface area contributed by atoms with Gasteiger partial charge in [0.1, 0.15) is 5.82 Å². The van der Waals surface area contributed by atoms with Gasteiger partial charge in [-0.2, -0.15) is 0 Å². The van der Waals surface area contributed by atoms with E-state index in [1.165, 1.54) is 37.0 Å². The van der Waals surface area contributed by atoms with Gasteiger partial charge in [0.25, 0.3) is 0 Å². The van der Waals surface area contributed by atoms with Crippen LogP contribution in [0.1, 0.15) is 30.9 Å². The Morgan fingerprint density at radius 3 is 2.50 bits per heavy atom. The molecule has 1 aliphatic rings. The highest BCUT2D eigenvalue weighted by molar-refractivity contribution is 5.21. The number of hydrogen-bond donors (Lipinski definition) is 2. The minimum atomic E-state index is -0.171. The molecule has 88 valence electrons. The van der Waals surface area contributed by atoms with E-state index in [4.69, 9.17) is 5.73 Å². The molecule has 1 unspecified atom stereocenters. The fraction of sp³-hybridized carbons (Fsp3) is 0.538. The first-order valence-electron chi connectivity index (χ1n) is 6.00. The van der Waals surface area contributed by atoms with Gasteiger partial charge in [0.05, 0.1) is 0 Å². The largest absolute Gasteiger partial charge is 0.329 e. The lowest BCUT2D eigenvalue weighted by Gasteiger charge is -2.34. The Bertz CT molecular complexity index is 319. The summed E-state index contributed by atoms with van der Waals surface area (Å²) in [4.78, 5) is 0. The molecular formula is C13H19FN2. The third-order valence-corrected chi connectivity index (χ3v) is 3.36. The summed E-state index contributed by atoms with van der Waals surface area (Å²) >= 11 is 0. The monoisotopic (exact) mass is 222 g/mol. The molecule has 0 bridgehead atoms. The van der Waals surface area contributed by atoms with Gasteiger partial charge in [-0.05, 0) is 36.5 Å². The van der Waals surface area contributed by atoms with E-state index in [9.17, 15) is 4.39 Å². The first kappa shape index (κ1) is 11.6. The van der Waals surface area contributed by atoms with E-state index in [1.807, 2.05) is 12.1 Å². The van der Waals surface area contributed by atoms with Gasteiger partial charge >= 0.3 is 0 Å². The molecule has 2 rings (SSSR count). The van der Waals surface area contributed by atoms with Crippen molar-refractivity contribution in [3.63, 3.8) is 0 Å². The molecule has 1 fully saturated rings. The van der Waals surface area contributed by atoms with E-state index in [2.05, 4.69) is 5.32 Å². The molecule has 0 saturated heterocycles. The molecule has 1 aromatic rings. The maximum atomic E-state index is 12.9. The van der Waals surface area contributed by atoms with Crippen LogP contribution in [0.15, 0.2) is 24.3 Å². The van der Waals surface area contributed by atoms with Crippen molar-refractivity contribution < 1.29 is 4.39 Å². The predicted molar refractivity (Wildman–Crippen MR) is 63.5 cm³/mol. The van der Waals surface area contributed by atoms with E-state index in [-0.39, 0.29) is 5.82 Å². The maximum Gasteiger partial charge on any atom is 0.123 e. The molecule has 2 nitrogen and oxygen atoms in total. The summed E-state index contributed by atoms with van der Waals surface area (Å²) < 4.78 is 12.9. The quantitative estimate of drug-likeness (QED) is 0.801. The van der Waals surface area contributed by atoms with Crippen LogP contribution in [0, 0.1) is 11.7 Å². The summed E-state index contributed by atoms with van der Waals surface area (Å²) in [5, 5.41) is 3.46. The normalized spacial score (nSPS) is 18.1. The SMILES string of the molecule is NCCNC(c1ccc(F)cc1)C1CCC1. The van der Waals surface area contributed by atoms with Gasteiger partial charge in [-0.1, -0.05) is 18.6 Å². The second-order valence-corrected chi connectivity index (χ2v) is 4.46. The van der Waals surface area contributed by atoms with Crippen molar-refractivity contribution in [1.29, 1.82) is 0 Å². The predicted octanol–water partition coefficient (Wildman–Crippen LogP) is 2.22. The number of hydrogen-bond acceptors (Lipinski definition) is 2. The number of nitrogens with one attached hydrogen (secondary N) is 1. The minimum Gasteiger partial charge on any atom is -0.329 e. The van der Waals surface area contributed by atoms with E-state index < -0.39 is 0 Å². The number of benzene rings is 1. The van der Waals surface area contributed by atoms with Crippen LogP contribution < -0.4 is 11.1 Å². The molecule has 0 aromatic heterocycles. The van der Waals surface area contributed by atoms with Crippen LogP contribution in [-0.4, -0.2) is 13.1 Å². The highest BCUT2D eigenvalue weighted by Crippen LogP contribution is 2.37. The van der Waals surface area contributed by atoms with E-state index >= 15 is 0 Å². The fourth-order valence-electron chi connectivity index (χ4n) is 2.24. The summed E-state index contributed by atoms with van der Waals surface area (Å²) in [7, 11) is 0. The molecule has 1 aromatic carbocycles. The van der Waals surface area contributed by atoms with E-state index in [1.54, 1.807) is 0 Å².